The van der Waals surface area contributed by atoms with Crippen LogP contribution < -0.4 is 0 Å². The van der Waals surface area contributed by atoms with Crippen molar-refractivity contribution in [3.63, 3.8) is 0 Å². The maximum atomic E-state index is 13.5. The quantitative estimate of drug-likeness (QED) is 0.912. The summed E-state index contributed by atoms with van der Waals surface area (Å²) in [6.07, 6.45) is 2.10. The predicted octanol–water partition coefficient (Wildman–Crippen LogP) is 2.50. The van der Waals surface area contributed by atoms with Gasteiger partial charge in [-0.25, -0.2) is 9.07 Å². The van der Waals surface area contributed by atoms with Gasteiger partial charge in [0.05, 0.1) is 12.0 Å². The molecule has 1 fully saturated rings. The molecule has 2 aromatic rings. The Morgan fingerprint density at radius 2 is 2.19 bits per heavy atom. The lowest BCUT2D eigenvalue weighted by atomic mass is 9.69. The monoisotopic (exact) mass is 354 g/mol. The van der Waals surface area contributed by atoms with Crippen molar-refractivity contribution in [1.82, 2.24) is 20.2 Å². The molecule has 0 atom stereocenters. The Kier molecular flexibility index (Phi) is 3.48. The Bertz CT molecular complexity index is 679. The molecule has 0 amide bonds. The summed E-state index contributed by atoms with van der Waals surface area (Å²) in [5.41, 5.74) is -0.305. The van der Waals surface area contributed by atoms with Crippen molar-refractivity contribution in [1.29, 1.82) is 0 Å². The van der Waals surface area contributed by atoms with Crippen LogP contribution >= 0.6 is 15.9 Å². The fourth-order valence-corrected chi connectivity index (χ4v) is 3.00. The van der Waals surface area contributed by atoms with Crippen LogP contribution in [-0.4, -0.2) is 31.3 Å². The molecule has 0 aliphatic heterocycles. The van der Waals surface area contributed by atoms with Crippen molar-refractivity contribution < 1.29 is 14.3 Å². The van der Waals surface area contributed by atoms with Gasteiger partial charge in [-0.1, -0.05) is 22.4 Å². The molecule has 6 nitrogen and oxygen atoms in total. The Balaban J connectivity index is 1.96. The Morgan fingerprint density at radius 3 is 2.76 bits per heavy atom. The second-order valence-corrected chi connectivity index (χ2v) is 6.17. The summed E-state index contributed by atoms with van der Waals surface area (Å²) >= 11 is 3.22. The van der Waals surface area contributed by atoms with E-state index in [1.165, 1.54) is 16.8 Å². The number of hydrogen-bond acceptors (Lipinski definition) is 4. The molecule has 1 aromatic carbocycles. The van der Waals surface area contributed by atoms with Crippen molar-refractivity contribution in [2.45, 2.75) is 25.8 Å². The van der Waals surface area contributed by atoms with E-state index in [9.17, 15) is 14.3 Å². The summed E-state index contributed by atoms with van der Waals surface area (Å²) in [6.45, 7) is 0.193. The largest absolute Gasteiger partial charge is 0.481 e. The van der Waals surface area contributed by atoms with Crippen molar-refractivity contribution in [2.24, 2.45) is 5.41 Å². The van der Waals surface area contributed by atoms with Gasteiger partial charge in [-0.3, -0.25) is 4.79 Å². The van der Waals surface area contributed by atoms with E-state index in [4.69, 9.17) is 0 Å². The molecule has 0 radical (unpaired) electrons. The van der Waals surface area contributed by atoms with Crippen LogP contribution in [0.15, 0.2) is 22.7 Å². The number of hydrogen-bond donors (Lipinski definition) is 1. The molecular weight excluding hydrogens is 343 g/mol. The maximum Gasteiger partial charge on any atom is 0.311 e. The third kappa shape index (κ3) is 2.55. The lowest BCUT2D eigenvalue weighted by Gasteiger charge is -2.37. The number of rotatable bonds is 4. The minimum Gasteiger partial charge on any atom is -0.481 e. The van der Waals surface area contributed by atoms with E-state index in [1.807, 2.05) is 0 Å². The van der Waals surface area contributed by atoms with Crippen molar-refractivity contribution >= 4 is 21.9 Å². The van der Waals surface area contributed by atoms with Gasteiger partial charge in [-0.2, -0.15) is 0 Å². The molecule has 0 saturated heterocycles. The van der Waals surface area contributed by atoms with Crippen molar-refractivity contribution in [3.05, 3.63) is 28.5 Å². The van der Waals surface area contributed by atoms with Crippen LogP contribution in [0.5, 0.6) is 0 Å². The minimum atomic E-state index is -0.837. The van der Waals surface area contributed by atoms with Crippen LogP contribution in [0.1, 0.15) is 19.3 Å². The van der Waals surface area contributed by atoms with E-state index >= 15 is 0 Å². The smallest absolute Gasteiger partial charge is 0.311 e. The van der Waals surface area contributed by atoms with Crippen molar-refractivity contribution in [3.8, 4) is 11.4 Å². The Hall–Kier alpha value is -1.83. The number of aliphatic carboxylic acids is 1. The van der Waals surface area contributed by atoms with E-state index in [2.05, 4.69) is 31.5 Å². The van der Waals surface area contributed by atoms with Gasteiger partial charge in [0.1, 0.15) is 5.82 Å². The zero-order chi connectivity index (χ0) is 15.0. The van der Waals surface area contributed by atoms with Gasteiger partial charge in [0.2, 0.25) is 0 Å². The average molecular weight is 355 g/mol. The van der Waals surface area contributed by atoms with Gasteiger partial charge >= 0.3 is 5.97 Å². The van der Waals surface area contributed by atoms with Crippen LogP contribution in [-0.2, 0) is 11.3 Å². The number of benzene rings is 1. The van der Waals surface area contributed by atoms with Gasteiger partial charge in [-0.15, -0.1) is 5.10 Å². The summed E-state index contributed by atoms with van der Waals surface area (Å²) in [5.74, 6) is -0.885. The molecule has 0 unspecified atom stereocenters. The number of nitrogens with zero attached hydrogens (tertiary/aromatic N) is 4. The number of carboxylic acids is 1. The zero-order valence-electron chi connectivity index (χ0n) is 11.0. The van der Waals surface area contributed by atoms with Crippen LogP contribution in [0.2, 0.25) is 0 Å². The van der Waals surface area contributed by atoms with Crippen molar-refractivity contribution in [2.75, 3.05) is 0 Å². The molecule has 1 saturated carbocycles. The Morgan fingerprint density at radius 1 is 1.43 bits per heavy atom. The number of aromatic nitrogens is 4. The van der Waals surface area contributed by atoms with Gasteiger partial charge in [0.25, 0.3) is 0 Å². The molecule has 1 aromatic heterocycles. The molecule has 1 aliphatic rings. The van der Waals surface area contributed by atoms with Crippen LogP contribution in [0.3, 0.4) is 0 Å². The van der Waals surface area contributed by atoms with Crippen LogP contribution in [0.25, 0.3) is 11.4 Å². The zero-order valence-corrected chi connectivity index (χ0v) is 12.5. The summed E-state index contributed by atoms with van der Waals surface area (Å²) < 4.78 is 15.5. The van der Waals surface area contributed by atoms with Gasteiger partial charge in [0.15, 0.2) is 5.82 Å². The first-order chi connectivity index (χ1) is 10.00. The molecule has 0 bridgehead atoms. The molecule has 110 valence electrons. The highest BCUT2D eigenvalue weighted by atomic mass is 79.9. The Labute approximate surface area is 128 Å². The van der Waals surface area contributed by atoms with E-state index in [1.54, 1.807) is 6.07 Å². The third-order valence-electron chi connectivity index (χ3n) is 3.87. The highest BCUT2D eigenvalue weighted by molar-refractivity contribution is 9.10. The number of carbonyl (C=O) groups is 1. The number of halogens is 2. The maximum absolute atomic E-state index is 13.5. The first-order valence-electron chi connectivity index (χ1n) is 6.46. The average Bonchev–Trinajstić information content (AvgIpc) is 2.80. The molecule has 8 heteroatoms. The lowest BCUT2D eigenvalue weighted by Crippen LogP contribution is -2.42. The topological polar surface area (TPSA) is 80.9 Å². The molecular formula is C13H12BrFN4O2. The number of tetrazole rings is 1. The molecule has 0 spiro atoms. The highest BCUT2D eigenvalue weighted by Gasteiger charge is 2.45. The summed E-state index contributed by atoms with van der Waals surface area (Å²) in [4.78, 5) is 11.4. The van der Waals surface area contributed by atoms with E-state index < -0.39 is 17.2 Å². The minimum absolute atomic E-state index is 0.193. The SMILES string of the molecule is O=C(O)C1(Cn2nnnc2-c2cc(F)cc(Br)c2)CCC1. The van der Waals surface area contributed by atoms with Crippen LogP contribution in [0, 0.1) is 11.2 Å². The molecule has 3 rings (SSSR count). The number of carboxylic acid groups (broad SMARTS) is 1. The summed E-state index contributed by atoms with van der Waals surface area (Å²) in [6, 6.07) is 4.35. The van der Waals surface area contributed by atoms with E-state index in [0.29, 0.717) is 28.7 Å². The van der Waals surface area contributed by atoms with E-state index in [0.717, 1.165) is 6.42 Å². The summed E-state index contributed by atoms with van der Waals surface area (Å²) in [5, 5.41) is 20.7. The highest BCUT2D eigenvalue weighted by Crippen LogP contribution is 2.43. The molecule has 1 heterocycles. The lowest BCUT2D eigenvalue weighted by molar-refractivity contribution is -0.156. The second-order valence-electron chi connectivity index (χ2n) is 5.26. The first-order valence-corrected chi connectivity index (χ1v) is 7.25. The fourth-order valence-electron chi connectivity index (χ4n) is 2.53. The third-order valence-corrected chi connectivity index (χ3v) is 4.33. The first kappa shape index (κ1) is 14.1. The predicted molar refractivity (Wildman–Crippen MR) is 74.8 cm³/mol. The van der Waals surface area contributed by atoms with Gasteiger partial charge in [-0.05, 0) is 41.5 Å². The summed E-state index contributed by atoms with van der Waals surface area (Å²) in [7, 11) is 0. The standard InChI is InChI=1S/C13H12BrFN4O2/c14-9-4-8(5-10(15)6-9)11-16-17-18-19(11)7-13(12(20)21)2-1-3-13/h4-6H,1-3,7H2,(H,20,21). The fraction of sp³-hybridized carbons (Fsp3) is 0.385. The molecule has 1 N–H and O–H groups in total. The normalized spacial score (nSPS) is 16.5. The molecule has 21 heavy (non-hydrogen) atoms. The van der Waals surface area contributed by atoms with Gasteiger partial charge < -0.3 is 5.11 Å². The molecule has 1 aliphatic carbocycles. The second kappa shape index (κ2) is 5.18. The van der Waals surface area contributed by atoms with Gasteiger partial charge in [0, 0.05) is 10.0 Å². The van der Waals surface area contributed by atoms with Crippen LogP contribution in [0.4, 0.5) is 4.39 Å². The van der Waals surface area contributed by atoms with E-state index in [-0.39, 0.29) is 6.54 Å².